The first-order valence-corrected chi connectivity index (χ1v) is 11.1. The molecular formula is C26H22ClN3O3. The smallest absolute Gasteiger partial charge is 0.273 e. The average Bonchev–Trinajstić information content (AvgIpc) is 2.97. The number of methoxy groups -OCH3 is 1. The summed E-state index contributed by atoms with van der Waals surface area (Å²) in [6.07, 6.45) is 0. The molecule has 166 valence electrons. The van der Waals surface area contributed by atoms with Crippen LogP contribution in [0.2, 0.25) is 5.02 Å². The average molecular weight is 460 g/mol. The van der Waals surface area contributed by atoms with Gasteiger partial charge in [-0.2, -0.15) is 0 Å². The van der Waals surface area contributed by atoms with Crippen molar-refractivity contribution in [1.82, 2.24) is 0 Å². The Balaban J connectivity index is 1.68. The quantitative estimate of drug-likeness (QED) is 0.614. The number of benzene rings is 3. The van der Waals surface area contributed by atoms with Crippen LogP contribution < -0.4 is 9.64 Å². The monoisotopic (exact) mass is 459 g/mol. The molecule has 2 aliphatic heterocycles. The summed E-state index contributed by atoms with van der Waals surface area (Å²) in [7, 11) is 1.61. The molecule has 1 amide bonds. The van der Waals surface area contributed by atoms with Gasteiger partial charge in [-0.1, -0.05) is 35.9 Å². The second-order valence-corrected chi connectivity index (χ2v) is 8.36. The largest absolute Gasteiger partial charge is 0.508 e. The minimum atomic E-state index is -0.377. The number of ether oxygens (including phenoxy) is 1. The number of carbonyl (C=O) groups is 1. The lowest BCUT2D eigenvalue weighted by atomic mass is 9.85. The van der Waals surface area contributed by atoms with E-state index in [0.717, 1.165) is 22.5 Å². The van der Waals surface area contributed by atoms with E-state index in [9.17, 15) is 9.90 Å². The van der Waals surface area contributed by atoms with Crippen LogP contribution in [0.25, 0.3) is 0 Å². The zero-order valence-corrected chi connectivity index (χ0v) is 18.7. The Hall–Kier alpha value is -3.64. The van der Waals surface area contributed by atoms with Gasteiger partial charge >= 0.3 is 0 Å². The van der Waals surface area contributed by atoms with Crippen molar-refractivity contribution in [2.75, 3.05) is 25.1 Å². The van der Waals surface area contributed by atoms with Crippen LogP contribution in [0.3, 0.4) is 0 Å². The van der Waals surface area contributed by atoms with Crippen LogP contribution in [0.1, 0.15) is 17.2 Å². The Morgan fingerprint density at radius 2 is 1.55 bits per heavy atom. The zero-order chi connectivity index (χ0) is 22.9. The molecule has 1 saturated heterocycles. The van der Waals surface area contributed by atoms with Crippen LogP contribution in [0, 0.1) is 5.92 Å². The Kier molecular flexibility index (Phi) is 5.60. The second-order valence-electron chi connectivity index (χ2n) is 7.93. The first-order chi connectivity index (χ1) is 16.1. The summed E-state index contributed by atoms with van der Waals surface area (Å²) in [6, 6.07) is 21.5. The maximum atomic E-state index is 13.8. The number of rotatable bonds is 4. The molecule has 1 fully saturated rings. The maximum Gasteiger partial charge on any atom is 0.273 e. The van der Waals surface area contributed by atoms with Crippen molar-refractivity contribution in [3.8, 4) is 11.5 Å². The summed E-state index contributed by atoms with van der Waals surface area (Å²) in [4.78, 5) is 25.1. The van der Waals surface area contributed by atoms with Crippen molar-refractivity contribution in [2.24, 2.45) is 15.9 Å². The number of amides is 1. The molecule has 0 saturated carbocycles. The number of nitrogens with zero attached hydrogens (tertiary/aromatic N) is 3. The van der Waals surface area contributed by atoms with E-state index in [1.807, 2.05) is 60.7 Å². The molecule has 0 aromatic heterocycles. The molecule has 0 aliphatic carbocycles. The molecular weight excluding hydrogens is 438 g/mol. The molecule has 2 atom stereocenters. The van der Waals surface area contributed by atoms with Crippen molar-refractivity contribution in [3.05, 3.63) is 88.9 Å². The molecule has 2 heterocycles. The zero-order valence-electron chi connectivity index (χ0n) is 18.0. The fraction of sp³-hybridized carbons (Fsp3) is 0.192. The highest BCUT2D eigenvalue weighted by Crippen LogP contribution is 2.43. The highest BCUT2D eigenvalue weighted by Gasteiger charge is 2.49. The second kappa shape index (κ2) is 8.71. The van der Waals surface area contributed by atoms with Crippen LogP contribution >= 0.6 is 11.6 Å². The van der Waals surface area contributed by atoms with E-state index in [4.69, 9.17) is 21.3 Å². The molecule has 33 heavy (non-hydrogen) atoms. The highest BCUT2D eigenvalue weighted by atomic mass is 35.5. The number of aliphatic imine (C=N–C) groups is 2. The van der Waals surface area contributed by atoms with E-state index >= 15 is 0 Å². The molecule has 1 N–H and O–H groups in total. The summed E-state index contributed by atoms with van der Waals surface area (Å²) in [5.74, 6) is 0.363. The molecule has 6 nitrogen and oxygen atoms in total. The van der Waals surface area contributed by atoms with E-state index < -0.39 is 0 Å². The van der Waals surface area contributed by atoms with Gasteiger partial charge < -0.3 is 9.84 Å². The lowest BCUT2D eigenvalue weighted by Crippen LogP contribution is -2.31. The number of aromatic hydroxyl groups is 1. The van der Waals surface area contributed by atoms with Gasteiger partial charge in [-0.3, -0.25) is 19.7 Å². The summed E-state index contributed by atoms with van der Waals surface area (Å²) < 4.78 is 5.29. The predicted molar refractivity (Wildman–Crippen MR) is 130 cm³/mol. The summed E-state index contributed by atoms with van der Waals surface area (Å²) in [5.41, 5.74) is 3.84. The number of fused-ring (bicyclic) bond motifs is 1. The molecule has 5 rings (SSSR count). The first-order valence-electron chi connectivity index (χ1n) is 10.7. The van der Waals surface area contributed by atoms with Gasteiger partial charge in [-0.15, -0.1) is 0 Å². The third-order valence-electron chi connectivity index (χ3n) is 6.01. The third-order valence-corrected chi connectivity index (χ3v) is 6.26. The van der Waals surface area contributed by atoms with Gasteiger partial charge in [0.25, 0.3) is 5.91 Å². The van der Waals surface area contributed by atoms with E-state index in [1.54, 1.807) is 24.1 Å². The molecule has 2 unspecified atom stereocenters. The number of hydrogen-bond donors (Lipinski definition) is 1. The van der Waals surface area contributed by atoms with E-state index in [0.29, 0.717) is 29.6 Å². The topological polar surface area (TPSA) is 74.5 Å². The molecule has 7 heteroatoms. The molecule has 3 aromatic carbocycles. The van der Waals surface area contributed by atoms with Gasteiger partial charge in [-0.25, -0.2) is 0 Å². The van der Waals surface area contributed by atoms with Gasteiger partial charge in [0.15, 0.2) is 0 Å². The maximum absolute atomic E-state index is 13.8. The summed E-state index contributed by atoms with van der Waals surface area (Å²) in [6.45, 7) is 0.962. The number of carbonyl (C=O) groups excluding carboxylic acids is 1. The Bertz CT molecular complexity index is 1240. The highest BCUT2D eigenvalue weighted by molar-refractivity contribution is 6.51. The van der Waals surface area contributed by atoms with Crippen molar-refractivity contribution in [1.29, 1.82) is 0 Å². The Morgan fingerprint density at radius 3 is 2.18 bits per heavy atom. The molecule has 0 radical (unpaired) electrons. The van der Waals surface area contributed by atoms with Gasteiger partial charge in [0, 0.05) is 10.7 Å². The summed E-state index contributed by atoms with van der Waals surface area (Å²) in [5, 5.41) is 10.5. The SMILES string of the molecule is COc1ccc(N2C(=O)C3=NCCN=C(c4ccc(Cl)cc4)C3C2c2ccc(O)cc2)cc1. The first kappa shape index (κ1) is 21.2. The Morgan fingerprint density at radius 1 is 0.909 bits per heavy atom. The lowest BCUT2D eigenvalue weighted by molar-refractivity contribution is -0.112. The summed E-state index contributed by atoms with van der Waals surface area (Å²) >= 11 is 6.12. The number of phenols is 1. The van der Waals surface area contributed by atoms with Crippen LogP contribution in [-0.2, 0) is 4.79 Å². The fourth-order valence-corrected chi connectivity index (χ4v) is 4.62. The number of hydrogen-bond acceptors (Lipinski definition) is 5. The van der Waals surface area contributed by atoms with Crippen LogP contribution in [-0.4, -0.2) is 42.6 Å². The Labute approximate surface area is 196 Å². The van der Waals surface area contributed by atoms with E-state index in [1.165, 1.54) is 0 Å². The minimum absolute atomic E-state index is 0.146. The number of phenolic OH excluding ortho intramolecular Hbond substituents is 1. The third kappa shape index (κ3) is 3.87. The molecule has 3 aromatic rings. The van der Waals surface area contributed by atoms with Crippen molar-refractivity contribution in [3.63, 3.8) is 0 Å². The van der Waals surface area contributed by atoms with Gasteiger partial charge in [-0.05, 0) is 59.7 Å². The predicted octanol–water partition coefficient (Wildman–Crippen LogP) is 4.70. The van der Waals surface area contributed by atoms with Crippen molar-refractivity contribution >= 4 is 34.6 Å². The van der Waals surface area contributed by atoms with E-state index in [-0.39, 0.29) is 23.6 Å². The number of halogens is 1. The number of anilines is 1. The fourth-order valence-electron chi connectivity index (χ4n) is 4.49. The standard InChI is InChI=1S/C26H22ClN3O3/c1-33-21-12-8-19(9-13-21)30-25(17-4-10-20(31)11-5-17)22-23(16-2-6-18(27)7-3-16)28-14-15-29-24(22)26(30)32/h2-13,22,25,31H,14-15H2,1H3. The van der Waals surface area contributed by atoms with Gasteiger partial charge in [0.2, 0.25) is 0 Å². The molecule has 2 aliphatic rings. The van der Waals surface area contributed by atoms with Crippen molar-refractivity contribution in [2.45, 2.75) is 6.04 Å². The lowest BCUT2D eigenvalue weighted by Gasteiger charge is -2.29. The minimum Gasteiger partial charge on any atom is -0.508 e. The van der Waals surface area contributed by atoms with Gasteiger partial charge in [0.05, 0.1) is 37.9 Å². The van der Waals surface area contributed by atoms with E-state index in [2.05, 4.69) is 4.99 Å². The van der Waals surface area contributed by atoms with Crippen molar-refractivity contribution < 1.29 is 14.6 Å². The van der Waals surface area contributed by atoms with Crippen LogP contribution in [0.4, 0.5) is 5.69 Å². The molecule has 0 spiro atoms. The molecule has 0 bridgehead atoms. The van der Waals surface area contributed by atoms with Crippen LogP contribution in [0.5, 0.6) is 11.5 Å². The van der Waals surface area contributed by atoms with Crippen LogP contribution in [0.15, 0.2) is 82.8 Å². The van der Waals surface area contributed by atoms with Gasteiger partial charge in [0.1, 0.15) is 17.2 Å². The normalized spacial score (nSPS) is 20.1.